The van der Waals surface area contributed by atoms with E-state index >= 15 is 0 Å². The van der Waals surface area contributed by atoms with Crippen molar-refractivity contribution >= 4 is 31.6 Å². The second kappa shape index (κ2) is 3.79. The van der Waals surface area contributed by atoms with Gasteiger partial charge in [0.2, 0.25) is 10.0 Å². The van der Waals surface area contributed by atoms with Gasteiger partial charge in [0.1, 0.15) is 0 Å². The van der Waals surface area contributed by atoms with Crippen LogP contribution in [0.5, 0.6) is 0 Å². The molecule has 1 aromatic carbocycles. The molecule has 0 aromatic heterocycles. The number of benzene rings is 1. The minimum absolute atomic E-state index is 0.190. The molecule has 0 amide bonds. The molecule has 1 aliphatic carbocycles. The lowest BCUT2D eigenvalue weighted by molar-refractivity contribution is 0.600. The van der Waals surface area contributed by atoms with Crippen LogP contribution in [0.2, 0.25) is 0 Å². The lowest BCUT2D eigenvalue weighted by Gasteiger charge is -2.10. The molecule has 0 radical (unpaired) electrons. The van der Waals surface area contributed by atoms with Gasteiger partial charge in [-0.1, -0.05) is 12.1 Å². The van der Waals surface area contributed by atoms with Gasteiger partial charge in [0, 0.05) is 4.47 Å². The molecule has 0 aliphatic heterocycles. The van der Waals surface area contributed by atoms with Crippen LogP contribution in [0.1, 0.15) is 18.4 Å². The van der Waals surface area contributed by atoms with E-state index in [1.54, 1.807) is 6.07 Å². The van der Waals surface area contributed by atoms with Crippen molar-refractivity contribution in [3.8, 4) is 0 Å². The molecule has 0 unspecified atom stereocenters. The SMILES string of the molecule is Cc1cccc(NS(=O)(=O)C2CC2)c1Br. The molecule has 0 atom stereocenters. The average molecular weight is 290 g/mol. The number of nitrogens with one attached hydrogen (secondary N) is 1. The Bertz CT molecular complexity index is 480. The number of sulfonamides is 1. The van der Waals surface area contributed by atoms with Crippen molar-refractivity contribution in [2.75, 3.05) is 4.72 Å². The van der Waals surface area contributed by atoms with E-state index in [0.717, 1.165) is 22.9 Å². The third-order valence-corrected chi connectivity index (χ3v) is 5.31. The van der Waals surface area contributed by atoms with Crippen LogP contribution in [0.3, 0.4) is 0 Å². The van der Waals surface area contributed by atoms with Crippen molar-refractivity contribution in [2.24, 2.45) is 0 Å². The summed E-state index contributed by atoms with van der Waals surface area (Å²) in [6, 6.07) is 5.53. The molecule has 15 heavy (non-hydrogen) atoms. The van der Waals surface area contributed by atoms with E-state index < -0.39 is 10.0 Å². The van der Waals surface area contributed by atoms with Gasteiger partial charge in [-0.15, -0.1) is 0 Å². The van der Waals surface area contributed by atoms with Crippen LogP contribution >= 0.6 is 15.9 Å². The Kier molecular flexibility index (Phi) is 2.77. The van der Waals surface area contributed by atoms with Gasteiger partial charge >= 0.3 is 0 Å². The lowest BCUT2D eigenvalue weighted by atomic mass is 10.2. The Balaban J connectivity index is 2.28. The van der Waals surface area contributed by atoms with Crippen molar-refractivity contribution in [2.45, 2.75) is 25.0 Å². The summed E-state index contributed by atoms with van der Waals surface area (Å²) < 4.78 is 26.8. The van der Waals surface area contributed by atoms with E-state index in [-0.39, 0.29) is 5.25 Å². The summed E-state index contributed by atoms with van der Waals surface area (Å²) in [6.45, 7) is 1.93. The van der Waals surface area contributed by atoms with Gasteiger partial charge < -0.3 is 0 Å². The number of hydrogen-bond donors (Lipinski definition) is 1. The predicted octanol–water partition coefficient (Wildman–Crippen LogP) is 2.66. The molecule has 0 spiro atoms. The molecule has 82 valence electrons. The molecule has 1 aromatic rings. The summed E-state index contributed by atoms with van der Waals surface area (Å²) in [7, 11) is -3.16. The maximum Gasteiger partial charge on any atom is 0.235 e. The Morgan fingerprint density at radius 2 is 2.07 bits per heavy atom. The first-order chi connectivity index (χ1) is 7.00. The highest BCUT2D eigenvalue weighted by atomic mass is 79.9. The normalized spacial score (nSPS) is 16.4. The summed E-state index contributed by atoms with van der Waals surface area (Å²) in [5, 5.41) is -0.190. The second-order valence-electron chi connectivity index (χ2n) is 3.78. The number of anilines is 1. The molecule has 1 saturated carbocycles. The third kappa shape index (κ3) is 2.34. The minimum Gasteiger partial charge on any atom is -0.282 e. The fourth-order valence-electron chi connectivity index (χ4n) is 1.34. The van der Waals surface area contributed by atoms with Crippen LogP contribution in [0.25, 0.3) is 0 Å². The molecule has 1 N–H and O–H groups in total. The van der Waals surface area contributed by atoms with Gasteiger partial charge in [-0.2, -0.15) is 0 Å². The molecule has 1 fully saturated rings. The van der Waals surface area contributed by atoms with E-state index in [1.807, 2.05) is 19.1 Å². The Labute approximate surface area is 98.1 Å². The predicted molar refractivity (Wildman–Crippen MR) is 64.4 cm³/mol. The van der Waals surface area contributed by atoms with E-state index in [0.29, 0.717) is 5.69 Å². The van der Waals surface area contributed by atoms with E-state index in [9.17, 15) is 8.42 Å². The first kappa shape index (κ1) is 11.0. The quantitative estimate of drug-likeness (QED) is 0.930. The highest BCUT2D eigenvalue weighted by molar-refractivity contribution is 9.10. The summed E-state index contributed by atoms with van der Waals surface area (Å²) in [5.74, 6) is 0. The van der Waals surface area contributed by atoms with Crippen molar-refractivity contribution in [3.05, 3.63) is 28.2 Å². The number of hydrogen-bond acceptors (Lipinski definition) is 2. The van der Waals surface area contributed by atoms with E-state index in [4.69, 9.17) is 0 Å². The smallest absolute Gasteiger partial charge is 0.235 e. The topological polar surface area (TPSA) is 46.2 Å². The Hall–Kier alpha value is -0.550. The van der Waals surface area contributed by atoms with Gasteiger partial charge in [-0.3, -0.25) is 4.72 Å². The zero-order valence-electron chi connectivity index (χ0n) is 8.33. The highest BCUT2D eigenvalue weighted by Gasteiger charge is 2.35. The molecule has 0 heterocycles. The highest BCUT2D eigenvalue weighted by Crippen LogP contribution is 2.32. The van der Waals surface area contributed by atoms with Gasteiger partial charge in [0.25, 0.3) is 0 Å². The van der Waals surface area contributed by atoms with Crippen LogP contribution < -0.4 is 4.72 Å². The number of rotatable bonds is 3. The largest absolute Gasteiger partial charge is 0.282 e. The molecule has 0 saturated heterocycles. The maximum atomic E-state index is 11.7. The van der Waals surface area contributed by atoms with Gasteiger partial charge in [-0.05, 0) is 47.3 Å². The van der Waals surface area contributed by atoms with E-state index in [1.165, 1.54) is 0 Å². The second-order valence-corrected chi connectivity index (χ2v) is 6.54. The number of aryl methyl sites for hydroxylation is 1. The third-order valence-electron chi connectivity index (χ3n) is 2.41. The molecule has 1 aliphatic rings. The monoisotopic (exact) mass is 289 g/mol. The Morgan fingerprint density at radius 1 is 1.40 bits per heavy atom. The number of halogens is 1. The van der Waals surface area contributed by atoms with Crippen molar-refractivity contribution in [3.63, 3.8) is 0 Å². The zero-order valence-corrected chi connectivity index (χ0v) is 10.7. The lowest BCUT2D eigenvalue weighted by Crippen LogP contribution is -2.17. The van der Waals surface area contributed by atoms with Crippen molar-refractivity contribution < 1.29 is 8.42 Å². The van der Waals surface area contributed by atoms with Crippen LogP contribution in [-0.2, 0) is 10.0 Å². The average Bonchev–Trinajstić information content (AvgIpc) is 2.95. The first-order valence-corrected chi connectivity index (χ1v) is 7.11. The van der Waals surface area contributed by atoms with Crippen LogP contribution in [0, 0.1) is 6.92 Å². The molecule has 0 bridgehead atoms. The van der Waals surface area contributed by atoms with Gasteiger partial charge in [-0.25, -0.2) is 8.42 Å². The molecule has 3 nitrogen and oxygen atoms in total. The zero-order chi connectivity index (χ0) is 11.1. The fourth-order valence-corrected chi connectivity index (χ4v) is 3.24. The van der Waals surface area contributed by atoms with Crippen molar-refractivity contribution in [1.29, 1.82) is 0 Å². The van der Waals surface area contributed by atoms with Crippen molar-refractivity contribution in [1.82, 2.24) is 0 Å². The van der Waals surface area contributed by atoms with Crippen LogP contribution in [-0.4, -0.2) is 13.7 Å². The summed E-state index contributed by atoms with van der Waals surface area (Å²) >= 11 is 3.38. The first-order valence-electron chi connectivity index (χ1n) is 4.77. The molecule has 2 rings (SSSR count). The fraction of sp³-hybridized carbons (Fsp3) is 0.400. The van der Waals surface area contributed by atoms with Crippen LogP contribution in [0.15, 0.2) is 22.7 Å². The van der Waals surface area contributed by atoms with Gasteiger partial charge in [0.15, 0.2) is 0 Å². The standard InChI is InChI=1S/C10H12BrNO2S/c1-7-3-2-4-9(10(7)11)12-15(13,14)8-5-6-8/h2-4,8,12H,5-6H2,1H3. The van der Waals surface area contributed by atoms with Crippen LogP contribution in [0.4, 0.5) is 5.69 Å². The Morgan fingerprint density at radius 3 is 2.67 bits per heavy atom. The van der Waals surface area contributed by atoms with Gasteiger partial charge in [0.05, 0.1) is 10.9 Å². The maximum absolute atomic E-state index is 11.7. The summed E-state index contributed by atoms with van der Waals surface area (Å²) in [5.41, 5.74) is 1.65. The molecular formula is C10H12BrNO2S. The summed E-state index contributed by atoms with van der Waals surface area (Å²) in [4.78, 5) is 0. The summed E-state index contributed by atoms with van der Waals surface area (Å²) in [6.07, 6.45) is 1.55. The van der Waals surface area contributed by atoms with E-state index in [2.05, 4.69) is 20.7 Å². The minimum atomic E-state index is -3.16. The molecule has 5 heteroatoms. The molecular weight excluding hydrogens is 278 g/mol.